The first-order chi connectivity index (χ1) is 9.16. The van der Waals surface area contributed by atoms with Crippen molar-refractivity contribution in [3.8, 4) is 0 Å². The third kappa shape index (κ3) is 2.35. The number of halogens is 1. The van der Waals surface area contributed by atoms with Crippen molar-refractivity contribution >= 4 is 15.9 Å². The van der Waals surface area contributed by atoms with Crippen molar-refractivity contribution in [3.63, 3.8) is 0 Å². The van der Waals surface area contributed by atoms with Gasteiger partial charge in [-0.2, -0.15) is 5.10 Å². The van der Waals surface area contributed by atoms with Crippen molar-refractivity contribution in [2.45, 2.75) is 25.3 Å². The molecule has 4 heteroatoms. The van der Waals surface area contributed by atoms with Crippen LogP contribution < -0.4 is 5.73 Å². The minimum Gasteiger partial charge on any atom is -0.322 e. The maximum absolute atomic E-state index is 6.48. The van der Waals surface area contributed by atoms with Gasteiger partial charge in [0.2, 0.25) is 0 Å². The third-order valence-corrected chi connectivity index (χ3v) is 4.76. The summed E-state index contributed by atoms with van der Waals surface area (Å²) in [7, 11) is 1.96. The van der Waals surface area contributed by atoms with Gasteiger partial charge >= 0.3 is 0 Å². The molecule has 2 unspecified atom stereocenters. The smallest absolute Gasteiger partial charge is 0.0693 e. The van der Waals surface area contributed by atoms with Crippen molar-refractivity contribution < 1.29 is 0 Å². The standard InChI is InChI=1S/C15H18BrN3/c1-19-15(13(16)9-18-19)14(17)12-7-6-10-4-2-3-5-11(10)8-12/h2-5,9,12,14H,6-8,17H2,1H3. The predicted octanol–water partition coefficient (Wildman–Crippen LogP) is 2.99. The van der Waals surface area contributed by atoms with Gasteiger partial charge in [0.25, 0.3) is 0 Å². The second-order valence-corrected chi connectivity index (χ2v) is 6.15. The highest BCUT2D eigenvalue weighted by Crippen LogP contribution is 2.34. The Hall–Kier alpha value is -1.13. The topological polar surface area (TPSA) is 43.8 Å². The molecular formula is C15H18BrN3. The number of aromatic nitrogens is 2. The molecule has 1 aromatic carbocycles. The second-order valence-electron chi connectivity index (χ2n) is 5.30. The van der Waals surface area contributed by atoms with E-state index in [4.69, 9.17) is 5.73 Å². The third-order valence-electron chi connectivity index (χ3n) is 4.15. The van der Waals surface area contributed by atoms with Crippen molar-refractivity contribution in [3.05, 3.63) is 51.8 Å². The summed E-state index contributed by atoms with van der Waals surface area (Å²) in [4.78, 5) is 0. The van der Waals surface area contributed by atoms with E-state index in [1.54, 1.807) is 0 Å². The van der Waals surface area contributed by atoms with Crippen LogP contribution in [0, 0.1) is 5.92 Å². The Morgan fingerprint density at radius 1 is 1.37 bits per heavy atom. The van der Waals surface area contributed by atoms with Gasteiger partial charge in [0, 0.05) is 7.05 Å². The summed E-state index contributed by atoms with van der Waals surface area (Å²) in [6, 6.07) is 8.74. The van der Waals surface area contributed by atoms with Crippen LogP contribution in [-0.4, -0.2) is 9.78 Å². The highest BCUT2D eigenvalue weighted by atomic mass is 79.9. The maximum Gasteiger partial charge on any atom is 0.0693 e. The number of hydrogen-bond acceptors (Lipinski definition) is 2. The molecule has 3 rings (SSSR count). The van der Waals surface area contributed by atoms with Gasteiger partial charge in [-0.1, -0.05) is 24.3 Å². The Bertz CT molecular complexity index is 571. The van der Waals surface area contributed by atoms with Crippen LogP contribution >= 0.6 is 15.9 Å². The normalized spacial score (nSPS) is 20.1. The Balaban J connectivity index is 1.85. The molecule has 0 radical (unpaired) electrons. The fourth-order valence-electron chi connectivity index (χ4n) is 3.05. The number of rotatable bonds is 2. The number of nitrogens with two attached hydrogens (primary N) is 1. The first kappa shape index (κ1) is 12.9. The Morgan fingerprint density at radius 2 is 2.11 bits per heavy atom. The molecule has 3 nitrogen and oxygen atoms in total. The van der Waals surface area contributed by atoms with Crippen LogP contribution in [-0.2, 0) is 19.9 Å². The molecule has 100 valence electrons. The van der Waals surface area contributed by atoms with Crippen LogP contribution in [0.4, 0.5) is 0 Å². The lowest BCUT2D eigenvalue weighted by Crippen LogP contribution is -2.28. The molecule has 0 bridgehead atoms. The average molecular weight is 320 g/mol. The van der Waals surface area contributed by atoms with Gasteiger partial charge in [0.1, 0.15) is 0 Å². The molecule has 0 saturated heterocycles. The summed E-state index contributed by atoms with van der Waals surface area (Å²) >= 11 is 3.55. The van der Waals surface area contributed by atoms with E-state index in [0.29, 0.717) is 5.92 Å². The first-order valence-electron chi connectivity index (χ1n) is 6.66. The Labute approximate surface area is 121 Å². The Morgan fingerprint density at radius 3 is 2.79 bits per heavy atom. The lowest BCUT2D eigenvalue weighted by Gasteiger charge is -2.29. The van der Waals surface area contributed by atoms with E-state index in [1.807, 2.05) is 17.9 Å². The molecule has 19 heavy (non-hydrogen) atoms. The fourth-order valence-corrected chi connectivity index (χ4v) is 3.66. The molecule has 2 atom stereocenters. The van der Waals surface area contributed by atoms with Crippen LogP contribution in [0.2, 0.25) is 0 Å². The highest BCUT2D eigenvalue weighted by molar-refractivity contribution is 9.10. The van der Waals surface area contributed by atoms with E-state index in [0.717, 1.165) is 29.4 Å². The molecular weight excluding hydrogens is 302 g/mol. The molecule has 0 spiro atoms. The molecule has 0 aliphatic heterocycles. The molecule has 1 aliphatic rings. The van der Waals surface area contributed by atoms with Crippen LogP contribution in [0.5, 0.6) is 0 Å². The van der Waals surface area contributed by atoms with E-state index in [9.17, 15) is 0 Å². The van der Waals surface area contributed by atoms with Crippen molar-refractivity contribution in [1.82, 2.24) is 9.78 Å². The predicted molar refractivity (Wildman–Crippen MR) is 79.8 cm³/mol. The summed E-state index contributed by atoms with van der Waals surface area (Å²) < 4.78 is 2.90. The number of aryl methyl sites for hydroxylation is 2. The summed E-state index contributed by atoms with van der Waals surface area (Å²) in [6.07, 6.45) is 5.17. The monoisotopic (exact) mass is 319 g/mol. The largest absolute Gasteiger partial charge is 0.322 e. The summed E-state index contributed by atoms with van der Waals surface area (Å²) in [5, 5.41) is 4.27. The molecule has 1 heterocycles. The average Bonchev–Trinajstić information content (AvgIpc) is 2.77. The minimum absolute atomic E-state index is 0.0373. The van der Waals surface area contributed by atoms with Gasteiger partial charge < -0.3 is 5.73 Å². The molecule has 0 saturated carbocycles. The lowest BCUT2D eigenvalue weighted by atomic mass is 9.79. The van der Waals surface area contributed by atoms with E-state index < -0.39 is 0 Å². The van der Waals surface area contributed by atoms with Gasteiger partial charge in [-0.25, -0.2) is 0 Å². The fraction of sp³-hybridized carbons (Fsp3) is 0.400. The van der Waals surface area contributed by atoms with Crippen molar-refractivity contribution in [2.75, 3.05) is 0 Å². The molecule has 1 aliphatic carbocycles. The summed E-state index contributed by atoms with van der Waals surface area (Å²) in [5.74, 6) is 0.488. The number of nitrogens with zero attached hydrogens (tertiary/aromatic N) is 2. The molecule has 1 aromatic heterocycles. The number of benzene rings is 1. The molecule has 2 N–H and O–H groups in total. The molecule has 0 fully saturated rings. The maximum atomic E-state index is 6.48. The number of fused-ring (bicyclic) bond motifs is 1. The van der Waals surface area contributed by atoms with Crippen molar-refractivity contribution in [1.29, 1.82) is 0 Å². The zero-order valence-electron chi connectivity index (χ0n) is 11.0. The minimum atomic E-state index is 0.0373. The molecule has 2 aromatic rings. The lowest BCUT2D eigenvalue weighted by molar-refractivity contribution is 0.367. The zero-order chi connectivity index (χ0) is 13.4. The van der Waals surface area contributed by atoms with E-state index in [2.05, 4.69) is 45.3 Å². The van der Waals surface area contributed by atoms with E-state index in [-0.39, 0.29) is 6.04 Å². The van der Waals surface area contributed by atoms with Crippen LogP contribution in [0.3, 0.4) is 0 Å². The summed E-state index contributed by atoms with van der Waals surface area (Å²) in [5.41, 5.74) is 10.5. The van der Waals surface area contributed by atoms with Gasteiger partial charge in [0.05, 0.1) is 22.4 Å². The zero-order valence-corrected chi connectivity index (χ0v) is 12.6. The second kappa shape index (κ2) is 5.10. The van der Waals surface area contributed by atoms with Gasteiger partial charge in [-0.15, -0.1) is 0 Å². The highest BCUT2D eigenvalue weighted by Gasteiger charge is 2.27. The number of hydrogen-bond donors (Lipinski definition) is 1. The van der Waals surface area contributed by atoms with Crippen LogP contribution in [0.15, 0.2) is 34.9 Å². The Kier molecular flexibility index (Phi) is 3.46. The quantitative estimate of drug-likeness (QED) is 0.924. The van der Waals surface area contributed by atoms with Gasteiger partial charge in [0.15, 0.2) is 0 Å². The van der Waals surface area contributed by atoms with Crippen LogP contribution in [0.25, 0.3) is 0 Å². The summed E-state index contributed by atoms with van der Waals surface area (Å²) in [6.45, 7) is 0. The SMILES string of the molecule is Cn1ncc(Br)c1C(N)C1CCc2ccccc2C1. The van der Waals surface area contributed by atoms with E-state index >= 15 is 0 Å². The van der Waals surface area contributed by atoms with E-state index in [1.165, 1.54) is 11.1 Å². The van der Waals surface area contributed by atoms with Crippen molar-refractivity contribution in [2.24, 2.45) is 18.7 Å². The van der Waals surface area contributed by atoms with Gasteiger partial charge in [-0.3, -0.25) is 4.68 Å². The first-order valence-corrected chi connectivity index (χ1v) is 7.46. The molecule has 0 amide bonds. The van der Waals surface area contributed by atoms with Gasteiger partial charge in [-0.05, 0) is 52.2 Å². The van der Waals surface area contributed by atoms with Crippen LogP contribution in [0.1, 0.15) is 29.3 Å².